The third-order valence-corrected chi connectivity index (χ3v) is 11.0. The largest absolute Gasteiger partial charge is 0.492 e. The van der Waals surface area contributed by atoms with Crippen LogP contribution in [0, 0.1) is 11.6 Å². The van der Waals surface area contributed by atoms with Crippen LogP contribution in [0.3, 0.4) is 0 Å². The number of aromatic nitrogens is 2. The van der Waals surface area contributed by atoms with Crippen LogP contribution in [0.25, 0.3) is 10.9 Å². The van der Waals surface area contributed by atoms with Crippen molar-refractivity contribution in [3.63, 3.8) is 0 Å². The number of sulfone groups is 1. The van der Waals surface area contributed by atoms with Gasteiger partial charge in [0.2, 0.25) is 9.84 Å². The van der Waals surface area contributed by atoms with Crippen LogP contribution in [-0.2, 0) is 15.4 Å². The van der Waals surface area contributed by atoms with Gasteiger partial charge in [0.05, 0.1) is 20.9 Å². The predicted molar refractivity (Wildman–Crippen MR) is 209 cm³/mol. The highest BCUT2D eigenvalue weighted by Gasteiger charge is 2.41. The van der Waals surface area contributed by atoms with E-state index in [2.05, 4.69) is 5.32 Å². The molecular formula is C43H37F2N5O4S. The van der Waals surface area contributed by atoms with Crippen molar-refractivity contribution in [1.29, 1.82) is 0 Å². The molecule has 0 bridgehead atoms. The molecule has 0 aliphatic heterocycles. The molecule has 6 aromatic carbocycles. The maximum Gasteiger partial charge on any atom is 0.258 e. The van der Waals surface area contributed by atoms with Crippen LogP contribution in [0.2, 0.25) is 0 Å². The first-order chi connectivity index (χ1) is 26.5. The first-order valence-electron chi connectivity index (χ1n) is 17.4. The third-order valence-electron chi connectivity index (χ3n) is 9.31. The SMILES string of the molecule is CN(C)CCOc1ccc(C(=O)Nc2nn(C(c3ccccc3)(c3ccccc3)c3ccccc3)c3ccc(S(=O)(=O)c4cc(F)cc(F)c4)cc23)c(N)c1. The van der Waals surface area contributed by atoms with Crippen LogP contribution >= 0.6 is 0 Å². The second-order valence-electron chi connectivity index (χ2n) is 13.2. The quantitative estimate of drug-likeness (QED) is 0.0966. The van der Waals surface area contributed by atoms with Crippen LogP contribution in [0.1, 0.15) is 27.0 Å². The Morgan fingerprint density at radius 3 is 1.85 bits per heavy atom. The molecule has 1 heterocycles. The lowest BCUT2D eigenvalue weighted by Crippen LogP contribution is -2.38. The molecule has 3 N–H and O–H groups in total. The molecule has 278 valence electrons. The van der Waals surface area contributed by atoms with E-state index in [4.69, 9.17) is 15.6 Å². The number of amides is 1. The van der Waals surface area contributed by atoms with E-state index >= 15 is 0 Å². The molecule has 0 aliphatic rings. The number of fused-ring (bicyclic) bond motifs is 1. The van der Waals surface area contributed by atoms with Crippen LogP contribution < -0.4 is 15.8 Å². The van der Waals surface area contributed by atoms with Gasteiger partial charge in [0.25, 0.3) is 5.91 Å². The fourth-order valence-electron chi connectivity index (χ4n) is 6.70. The van der Waals surface area contributed by atoms with Crippen molar-refractivity contribution in [2.75, 3.05) is 38.3 Å². The molecular weight excluding hydrogens is 721 g/mol. The number of anilines is 2. The number of halogens is 2. The van der Waals surface area contributed by atoms with E-state index in [9.17, 15) is 22.0 Å². The summed E-state index contributed by atoms with van der Waals surface area (Å²) in [5, 5.41) is 8.23. The van der Waals surface area contributed by atoms with E-state index in [-0.39, 0.29) is 27.4 Å². The molecule has 0 unspecified atom stereocenters. The molecule has 0 aliphatic carbocycles. The molecule has 7 aromatic rings. The lowest BCUT2D eigenvalue weighted by atomic mass is 9.77. The van der Waals surface area contributed by atoms with E-state index in [0.717, 1.165) is 28.8 Å². The van der Waals surface area contributed by atoms with Gasteiger partial charge in [-0.05, 0) is 73.3 Å². The number of benzene rings is 6. The standard InChI is InChI=1S/C43H37F2N5O4S/c1-49(2)22-23-54-34-18-20-37(39(46)27-34)42(51)47-41-38-28-35(55(52,53)36-25-32(44)24-33(45)26-36)19-21-40(38)50(48-41)43(29-12-6-3-7-13-29,30-14-8-4-9-15-30)31-16-10-5-11-17-31/h3-21,24-28H,22-23,46H2,1-2H3,(H,47,48,51). The molecule has 55 heavy (non-hydrogen) atoms. The van der Waals surface area contributed by atoms with Crippen LogP contribution in [0.4, 0.5) is 20.3 Å². The number of rotatable bonds is 12. The average molecular weight is 758 g/mol. The predicted octanol–water partition coefficient (Wildman–Crippen LogP) is 7.76. The minimum Gasteiger partial charge on any atom is -0.492 e. The Hall–Kier alpha value is -6.37. The van der Waals surface area contributed by atoms with E-state index in [0.29, 0.717) is 30.5 Å². The van der Waals surface area contributed by atoms with Crippen molar-refractivity contribution in [3.8, 4) is 5.75 Å². The number of likely N-dealkylation sites (N-methyl/N-ethyl adjacent to an activating group) is 1. The molecule has 0 saturated heterocycles. The van der Waals surface area contributed by atoms with Gasteiger partial charge >= 0.3 is 0 Å². The molecule has 9 nitrogen and oxygen atoms in total. The van der Waals surface area contributed by atoms with Gasteiger partial charge in [-0.3, -0.25) is 4.79 Å². The number of hydrogen-bond donors (Lipinski definition) is 2. The summed E-state index contributed by atoms with van der Waals surface area (Å²) in [7, 11) is -0.587. The number of hydrogen-bond acceptors (Lipinski definition) is 7. The number of carbonyl (C=O) groups is 1. The Morgan fingerprint density at radius 1 is 0.764 bits per heavy atom. The van der Waals surface area contributed by atoms with Gasteiger partial charge in [0.1, 0.15) is 29.5 Å². The molecule has 0 spiro atoms. The summed E-state index contributed by atoms with van der Waals surface area (Å²) in [6.07, 6.45) is 0. The molecule has 1 aromatic heterocycles. The Morgan fingerprint density at radius 2 is 1.33 bits per heavy atom. The Bertz CT molecular complexity index is 2480. The molecule has 0 atom stereocenters. The smallest absolute Gasteiger partial charge is 0.258 e. The van der Waals surface area contributed by atoms with Crippen LogP contribution in [0.5, 0.6) is 5.75 Å². The zero-order chi connectivity index (χ0) is 38.7. The van der Waals surface area contributed by atoms with Crippen molar-refractivity contribution >= 4 is 38.2 Å². The second kappa shape index (κ2) is 15.2. The Kier molecular flexibility index (Phi) is 10.2. The minimum atomic E-state index is -4.45. The lowest BCUT2D eigenvalue weighted by Gasteiger charge is -2.37. The fourth-order valence-corrected chi connectivity index (χ4v) is 8.02. The van der Waals surface area contributed by atoms with E-state index < -0.39 is 37.8 Å². The van der Waals surface area contributed by atoms with Gasteiger partial charge in [-0.2, -0.15) is 5.10 Å². The number of nitrogens with one attached hydrogen (secondary N) is 1. The van der Waals surface area contributed by atoms with E-state index in [1.165, 1.54) is 12.1 Å². The summed E-state index contributed by atoms with van der Waals surface area (Å²) in [4.78, 5) is 15.2. The topological polar surface area (TPSA) is 120 Å². The van der Waals surface area contributed by atoms with Gasteiger partial charge in [-0.15, -0.1) is 0 Å². The number of nitrogen functional groups attached to an aromatic ring is 1. The lowest BCUT2D eigenvalue weighted by molar-refractivity contribution is 0.102. The van der Waals surface area contributed by atoms with Crippen LogP contribution in [-0.4, -0.2) is 56.3 Å². The number of nitrogens with zero attached hydrogens (tertiary/aromatic N) is 3. The van der Waals surface area contributed by atoms with Crippen molar-refractivity contribution in [2.45, 2.75) is 15.3 Å². The highest BCUT2D eigenvalue weighted by atomic mass is 32.2. The van der Waals surface area contributed by atoms with Crippen molar-refractivity contribution < 1.29 is 26.7 Å². The summed E-state index contributed by atoms with van der Waals surface area (Å²) in [5.41, 5.74) is 8.47. The maximum absolute atomic E-state index is 14.3. The maximum atomic E-state index is 14.3. The summed E-state index contributed by atoms with van der Waals surface area (Å²) < 4.78 is 64.0. The number of ether oxygens (including phenoxy) is 1. The van der Waals surface area contributed by atoms with Crippen molar-refractivity contribution in [2.24, 2.45) is 0 Å². The summed E-state index contributed by atoms with van der Waals surface area (Å²) in [6, 6.07) is 40.3. The normalized spacial score (nSPS) is 11.9. The highest BCUT2D eigenvalue weighted by Crippen LogP contribution is 2.44. The zero-order valence-corrected chi connectivity index (χ0v) is 30.8. The second-order valence-corrected chi connectivity index (χ2v) is 15.2. The Labute approximate surface area is 317 Å². The van der Waals surface area contributed by atoms with Gasteiger partial charge in [-0.25, -0.2) is 21.9 Å². The summed E-state index contributed by atoms with van der Waals surface area (Å²) in [5.74, 6) is -2.15. The summed E-state index contributed by atoms with van der Waals surface area (Å²) >= 11 is 0. The summed E-state index contributed by atoms with van der Waals surface area (Å²) in [6.45, 7) is 1.10. The first kappa shape index (κ1) is 37.0. The van der Waals surface area contributed by atoms with Crippen molar-refractivity contribution in [3.05, 3.63) is 179 Å². The molecule has 0 saturated carbocycles. The molecule has 0 radical (unpaired) electrons. The highest BCUT2D eigenvalue weighted by molar-refractivity contribution is 7.91. The van der Waals surface area contributed by atoms with Gasteiger partial charge in [0, 0.05) is 29.8 Å². The van der Waals surface area contributed by atoms with E-state index in [1.807, 2.05) is 110 Å². The van der Waals surface area contributed by atoms with Gasteiger partial charge in [0.15, 0.2) is 5.82 Å². The third kappa shape index (κ3) is 7.17. The molecule has 1 amide bonds. The van der Waals surface area contributed by atoms with Gasteiger partial charge in [-0.1, -0.05) is 91.0 Å². The zero-order valence-electron chi connectivity index (χ0n) is 30.0. The van der Waals surface area contributed by atoms with E-state index in [1.54, 1.807) is 28.9 Å². The Balaban J connectivity index is 1.45. The van der Waals surface area contributed by atoms with Gasteiger partial charge < -0.3 is 20.7 Å². The average Bonchev–Trinajstić information content (AvgIpc) is 3.53. The van der Waals surface area contributed by atoms with Crippen LogP contribution in [0.15, 0.2) is 155 Å². The molecule has 12 heteroatoms. The van der Waals surface area contributed by atoms with Crippen molar-refractivity contribution in [1.82, 2.24) is 14.7 Å². The fraction of sp³-hybridized carbons (Fsp3) is 0.116. The molecule has 7 rings (SSSR count). The monoisotopic (exact) mass is 757 g/mol. The molecule has 0 fully saturated rings. The number of nitrogens with two attached hydrogens (primary N) is 1. The first-order valence-corrected chi connectivity index (χ1v) is 18.9. The number of carbonyl (C=O) groups excluding carboxylic acids is 1. The minimum absolute atomic E-state index is 0.0281.